The monoisotopic (exact) mass is 175 g/mol. The van der Waals surface area contributed by atoms with Crippen LogP contribution in [0.3, 0.4) is 0 Å². The molecular formula is C7H10ClNO2. The number of halogens is 1. The van der Waals surface area contributed by atoms with E-state index in [0.29, 0.717) is 13.0 Å². The highest BCUT2D eigenvalue weighted by Crippen LogP contribution is 2.16. The first kappa shape index (κ1) is 8.53. The largest absolute Gasteiger partial charge is 0.281 e. The van der Waals surface area contributed by atoms with Crippen LogP contribution in [0.15, 0.2) is 0 Å². The molecule has 1 unspecified atom stereocenters. The van der Waals surface area contributed by atoms with Gasteiger partial charge in [-0.25, -0.2) is 0 Å². The van der Waals surface area contributed by atoms with Crippen molar-refractivity contribution in [2.45, 2.75) is 13.3 Å². The molecule has 1 rings (SSSR count). The van der Waals surface area contributed by atoms with Gasteiger partial charge in [0.05, 0.1) is 0 Å². The van der Waals surface area contributed by atoms with E-state index >= 15 is 0 Å². The number of rotatable bonds is 1. The Morgan fingerprint density at radius 2 is 2.45 bits per heavy atom. The second-order valence-electron chi connectivity index (χ2n) is 2.84. The summed E-state index contributed by atoms with van der Waals surface area (Å²) in [6.07, 6.45) is 0.475. The van der Waals surface area contributed by atoms with Crippen molar-refractivity contribution in [3.05, 3.63) is 0 Å². The lowest BCUT2D eigenvalue weighted by Gasteiger charge is -2.10. The van der Waals surface area contributed by atoms with Gasteiger partial charge in [0.1, 0.15) is 5.88 Å². The molecule has 0 saturated carbocycles. The molecule has 1 fully saturated rings. The van der Waals surface area contributed by atoms with Crippen LogP contribution >= 0.6 is 11.6 Å². The number of hydrogen-bond acceptors (Lipinski definition) is 2. The molecule has 4 heteroatoms. The van der Waals surface area contributed by atoms with Gasteiger partial charge in [-0.15, -0.1) is 11.6 Å². The fourth-order valence-electron chi connectivity index (χ4n) is 1.20. The molecular weight excluding hydrogens is 166 g/mol. The lowest BCUT2D eigenvalue weighted by molar-refractivity contribution is -0.140. The molecule has 11 heavy (non-hydrogen) atoms. The Bertz CT molecular complexity index is 185. The quantitative estimate of drug-likeness (QED) is 0.548. The van der Waals surface area contributed by atoms with Gasteiger partial charge in [-0.3, -0.25) is 14.5 Å². The molecule has 3 nitrogen and oxygen atoms in total. The van der Waals surface area contributed by atoms with Crippen LogP contribution in [0.25, 0.3) is 0 Å². The number of alkyl halides is 1. The van der Waals surface area contributed by atoms with Crippen LogP contribution in [-0.2, 0) is 9.59 Å². The third kappa shape index (κ3) is 1.71. The van der Waals surface area contributed by atoms with Crippen molar-refractivity contribution >= 4 is 23.4 Å². The van der Waals surface area contributed by atoms with Gasteiger partial charge in [-0.05, 0) is 5.92 Å². The maximum Gasteiger partial charge on any atom is 0.244 e. The molecule has 0 aromatic heterocycles. The van der Waals surface area contributed by atoms with Crippen LogP contribution in [0.4, 0.5) is 0 Å². The summed E-state index contributed by atoms with van der Waals surface area (Å²) in [4.78, 5) is 23.2. The van der Waals surface area contributed by atoms with Crippen LogP contribution in [0.1, 0.15) is 13.3 Å². The molecule has 0 aliphatic carbocycles. The first-order valence-corrected chi connectivity index (χ1v) is 4.07. The van der Waals surface area contributed by atoms with Crippen LogP contribution in [0.2, 0.25) is 0 Å². The molecule has 0 aromatic carbocycles. The molecule has 1 saturated heterocycles. The number of carbonyl (C=O) groups is 2. The van der Waals surface area contributed by atoms with Gasteiger partial charge in [-0.2, -0.15) is 0 Å². The second-order valence-corrected chi connectivity index (χ2v) is 3.11. The topological polar surface area (TPSA) is 37.4 Å². The van der Waals surface area contributed by atoms with E-state index in [4.69, 9.17) is 11.6 Å². The van der Waals surface area contributed by atoms with Crippen LogP contribution in [-0.4, -0.2) is 29.1 Å². The third-order valence-electron chi connectivity index (χ3n) is 1.73. The summed E-state index contributed by atoms with van der Waals surface area (Å²) in [5.74, 6) is -0.183. The zero-order valence-electron chi connectivity index (χ0n) is 6.34. The van der Waals surface area contributed by atoms with Crippen molar-refractivity contribution in [2.24, 2.45) is 5.92 Å². The van der Waals surface area contributed by atoms with Gasteiger partial charge < -0.3 is 0 Å². The van der Waals surface area contributed by atoms with Gasteiger partial charge in [0.2, 0.25) is 11.8 Å². The summed E-state index contributed by atoms with van der Waals surface area (Å²) in [5.41, 5.74) is 0. The van der Waals surface area contributed by atoms with E-state index < -0.39 is 0 Å². The number of carbonyl (C=O) groups excluding carboxylic acids is 2. The molecule has 0 bridgehead atoms. The average Bonchev–Trinajstić information content (AvgIpc) is 2.28. The lowest BCUT2D eigenvalue weighted by Crippen LogP contribution is -2.33. The Morgan fingerprint density at radius 3 is 2.82 bits per heavy atom. The van der Waals surface area contributed by atoms with Crippen molar-refractivity contribution in [1.29, 1.82) is 0 Å². The summed E-state index contributed by atoms with van der Waals surface area (Å²) in [5, 5.41) is 0. The number of likely N-dealkylation sites (tertiary alicyclic amines) is 1. The van der Waals surface area contributed by atoms with Crippen molar-refractivity contribution < 1.29 is 9.59 Å². The second kappa shape index (κ2) is 3.22. The molecule has 1 aliphatic rings. The van der Waals surface area contributed by atoms with Gasteiger partial charge >= 0.3 is 0 Å². The summed E-state index contributed by atoms with van der Waals surface area (Å²) in [6, 6.07) is 0. The molecule has 2 amide bonds. The molecule has 1 heterocycles. The Labute approximate surface area is 70.3 Å². The first-order valence-electron chi connectivity index (χ1n) is 3.54. The van der Waals surface area contributed by atoms with E-state index in [2.05, 4.69) is 0 Å². The minimum absolute atomic E-state index is 0.0943. The van der Waals surface area contributed by atoms with E-state index in [1.807, 2.05) is 6.92 Å². The summed E-state index contributed by atoms with van der Waals surface area (Å²) < 4.78 is 0. The van der Waals surface area contributed by atoms with Crippen LogP contribution in [0, 0.1) is 5.92 Å². The van der Waals surface area contributed by atoms with Crippen molar-refractivity contribution in [3.63, 3.8) is 0 Å². The third-order valence-corrected chi connectivity index (χ3v) is 1.96. The highest BCUT2D eigenvalue weighted by Gasteiger charge is 2.30. The smallest absolute Gasteiger partial charge is 0.244 e. The van der Waals surface area contributed by atoms with E-state index in [1.165, 1.54) is 4.90 Å². The maximum atomic E-state index is 11.0. The number of imide groups is 1. The number of amides is 2. The molecule has 0 aromatic rings. The summed E-state index contributed by atoms with van der Waals surface area (Å²) >= 11 is 5.30. The molecule has 62 valence electrons. The van der Waals surface area contributed by atoms with Gasteiger partial charge in [-0.1, -0.05) is 6.92 Å². The van der Waals surface area contributed by atoms with E-state index in [1.54, 1.807) is 0 Å². The SMILES string of the molecule is CC1CC(=O)N(C(=O)CCl)C1. The van der Waals surface area contributed by atoms with E-state index in [-0.39, 0.29) is 23.6 Å². The normalized spacial score (nSPS) is 24.4. The van der Waals surface area contributed by atoms with Gasteiger partial charge in [0, 0.05) is 13.0 Å². The zero-order chi connectivity index (χ0) is 8.43. The molecule has 0 N–H and O–H groups in total. The fraction of sp³-hybridized carbons (Fsp3) is 0.714. The lowest BCUT2D eigenvalue weighted by atomic mass is 10.2. The van der Waals surface area contributed by atoms with Crippen LogP contribution in [0.5, 0.6) is 0 Å². The standard InChI is InChI=1S/C7H10ClNO2/c1-5-2-6(10)9(4-5)7(11)3-8/h5H,2-4H2,1H3. The highest BCUT2D eigenvalue weighted by atomic mass is 35.5. The molecule has 0 radical (unpaired) electrons. The predicted octanol–water partition coefficient (Wildman–Crippen LogP) is 0.620. The van der Waals surface area contributed by atoms with Crippen molar-refractivity contribution in [2.75, 3.05) is 12.4 Å². The minimum Gasteiger partial charge on any atom is -0.281 e. The first-order chi connectivity index (χ1) is 5.15. The van der Waals surface area contributed by atoms with Gasteiger partial charge in [0.15, 0.2) is 0 Å². The van der Waals surface area contributed by atoms with E-state index in [0.717, 1.165) is 0 Å². The van der Waals surface area contributed by atoms with Crippen molar-refractivity contribution in [3.8, 4) is 0 Å². The zero-order valence-corrected chi connectivity index (χ0v) is 7.10. The Hall–Kier alpha value is -0.570. The molecule has 1 aliphatic heterocycles. The van der Waals surface area contributed by atoms with E-state index in [9.17, 15) is 9.59 Å². The average molecular weight is 176 g/mol. The van der Waals surface area contributed by atoms with Gasteiger partial charge in [0.25, 0.3) is 0 Å². The Balaban J connectivity index is 2.60. The number of hydrogen-bond donors (Lipinski definition) is 0. The highest BCUT2D eigenvalue weighted by molar-refractivity contribution is 6.28. The predicted molar refractivity (Wildman–Crippen MR) is 41.2 cm³/mol. The van der Waals surface area contributed by atoms with Crippen LogP contribution < -0.4 is 0 Å². The Morgan fingerprint density at radius 1 is 1.82 bits per heavy atom. The fourth-order valence-corrected chi connectivity index (χ4v) is 1.34. The maximum absolute atomic E-state index is 11.0. The van der Waals surface area contributed by atoms with Crippen molar-refractivity contribution in [1.82, 2.24) is 4.90 Å². The molecule has 1 atom stereocenters. The summed E-state index contributed by atoms with van der Waals surface area (Å²) in [7, 11) is 0. The minimum atomic E-state index is -0.277. The molecule has 0 spiro atoms. The Kier molecular flexibility index (Phi) is 2.49. The summed E-state index contributed by atoms with van der Waals surface area (Å²) in [6.45, 7) is 2.48. The number of nitrogens with zero attached hydrogens (tertiary/aromatic N) is 1.